The Morgan fingerprint density at radius 3 is 2.88 bits per heavy atom. The molecule has 0 unspecified atom stereocenters. The van der Waals surface area contributed by atoms with Gasteiger partial charge in [-0.3, -0.25) is 0 Å². The van der Waals surface area contributed by atoms with E-state index in [2.05, 4.69) is 20.4 Å². The minimum absolute atomic E-state index is 0.417. The normalized spacial score (nSPS) is 10.5. The maximum absolute atomic E-state index is 5.87. The summed E-state index contributed by atoms with van der Waals surface area (Å²) >= 11 is 7.31. The monoisotopic (exact) mass is 270 g/mol. The lowest BCUT2D eigenvalue weighted by Gasteiger charge is -2.04. The van der Waals surface area contributed by atoms with E-state index in [0.29, 0.717) is 22.7 Å². The molecular weight excluding hydrogens is 260 g/mol. The van der Waals surface area contributed by atoms with Crippen LogP contribution < -0.4 is 5.32 Å². The number of nitrogens with zero attached hydrogens (tertiary/aromatic N) is 3. The molecule has 0 aromatic carbocycles. The van der Waals surface area contributed by atoms with Crippen LogP contribution in [0.25, 0.3) is 0 Å². The minimum Gasteiger partial charge on any atom is -0.363 e. The van der Waals surface area contributed by atoms with Crippen LogP contribution in [0, 0.1) is 6.92 Å². The molecule has 0 saturated carbocycles. The van der Waals surface area contributed by atoms with Crippen LogP contribution in [0.5, 0.6) is 0 Å². The first-order valence-electron chi connectivity index (χ1n) is 4.92. The summed E-state index contributed by atoms with van der Waals surface area (Å²) in [6, 6.07) is 3.54. The first-order valence-corrected chi connectivity index (χ1v) is 6.52. The second-order valence-electron chi connectivity index (χ2n) is 3.35. The van der Waals surface area contributed by atoms with Crippen molar-refractivity contribution in [3.05, 3.63) is 28.7 Å². The molecule has 1 N–H and O–H groups in total. The number of halogens is 1. The van der Waals surface area contributed by atoms with Gasteiger partial charge in [-0.25, -0.2) is 9.97 Å². The third-order valence-corrected chi connectivity index (χ3v) is 2.72. The molecule has 0 amide bonds. The van der Waals surface area contributed by atoms with Gasteiger partial charge < -0.3 is 9.84 Å². The van der Waals surface area contributed by atoms with E-state index in [0.717, 1.165) is 11.5 Å². The van der Waals surface area contributed by atoms with Gasteiger partial charge in [-0.05, 0) is 13.2 Å². The number of rotatable bonds is 4. The number of thioether (sulfide) groups is 1. The second kappa shape index (κ2) is 5.37. The molecule has 0 spiro atoms. The summed E-state index contributed by atoms with van der Waals surface area (Å²) in [6.07, 6.45) is 1.90. The minimum atomic E-state index is 0.417. The molecule has 90 valence electrons. The van der Waals surface area contributed by atoms with Gasteiger partial charge in [-0.2, -0.15) is 0 Å². The first kappa shape index (κ1) is 12.2. The zero-order chi connectivity index (χ0) is 12.3. The topological polar surface area (TPSA) is 63.8 Å². The van der Waals surface area contributed by atoms with Crippen LogP contribution in [0.1, 0.15) is 11.5 Å². The third-order valence-electron chi connectivity index (χ3n) is 1.98. The highest BCUT2D eigenvalue weighted by Gasteiger charge is 2.04. The summed E-state index contributed by atoms with van der Waals surface area (Å²) in [4.78, 5) is 8.32. The van der Waals surface area contributed by atoms with E-state index in [1.54, 1.807) is 6.07 Å². The largest absolute Gasteiger partial charge is 0.363 e. The predicted molar refractivity (Wildman–Crippen MR) is 67.4 cm³/mol. The van der Waals surface area contributed by atoms with Gasteiger partial charge in [0.1, 0.15) is 11.0 Å². The zero-order valence-corrected chi connectivity index (χ0v) is 11.0. The Bertz CT molecular complexity index is 517. The first-order chi connectivity index (χ1) is 8.17. The number of hydrogen-bond acceptors (Lipinski definition) is 6. The Morgan fingerprint density at radius 2 is 2.24 bits per heavy atom. The number of hydrogen-bond donors (Lipinski definition) is 1. The van der Waals surface area contributed by atoms with Crippen molar-refractivity contribution in [3.63, 3.8) is 0 Å². The smallest absolute Gasteiger partial charge is 0.190 e. The Kier molecular flexibility index (Phi) is 3.86. The van der Waals surface area contributed by atoms with Crippen molar-refractivity contribution in [2.24, 2.45) is 0 Å². The number of aromatic nitrogens is 3. The number of nitrogens with one attached hydrogen (secondary N) is 1. The standard InChI is InChI=1S/C10H11ClN4OS/c1-6-3-7(16-15-6)5-12-9-4-8(11)13-10(14-9)17-2/h3-4H,5H2,1-2H3,(H,12,13,14). The Morgan fingerprint density at radius 1 is 1.41 bits per heavy atom. The van der Waals surface area contributed by atoms with Crippen LogP contribution in [-0.4, -0.2) is 21.4 Å². The molecule has 2 aromatic heterocycles. The quantitative estimate of drug-likeness (QED) is 0.524. The molecule has 2 aromatic rings. The molecule has 0 aliphatic rings. The Labute approximate surface area is 108 Å². The van der Waals surface area contributed by atoms with Crippen LogP contribution in [0.2, 0.25) is 5.15 Å². The molecule has 0 radical (unpaired) electrons. The van der Waals surface area contributed by atoms with Crippen LogP contribution in [0.15, 0.2) is 21.8 Å². The van der Waals surface area contributed by atoms with E-state index >= 15 is 0 Å². The van der Waals surface area contributed by atoms with Crippen LogP contribution >= 0.6 is 23.4 Å². The van der Waals surface area contributed by atoms with Crippen LogP contribution in [-0.2, 0) is 6.54 Å². The third kappa shape index (κ3) is 3.34. The molecule has 0 atom stereocenters. The summed E-state index contributed by atoms with van der Waals surface area (Å²) in [5, 5.41) is 7.96. The van der Waals surface area contributed by atoms with Crippen LogP contribution in [0.3, 0.4) is 0 Å². The lowest BCUT2D eigenvalue weighted by Crippen LogP contribution is -2.02. The van der Waals surface area contributed by atoms with E-state index < -0.39 is 0 Å². The number of aryl methyl sites for hydroxylation is 1. The summed E-state index contributed by atoms with van der Waals surface area (Å²) in [6.45, 7) is 2.39. The predicted octanol–water partition coefficient (Wildman–Crippen LogP) is 2.76. The maximum atomic E-state index is 5.87. The zero-order valence-electron chi connectivity index (χ0n) is 9.40. The highest BCUT2D eigenvalue weighted by atomic mass is 35.5. The molecule has 0 bridgehead atoms. The fourth-order valence-corrected chi connectivity index (χ4v) is 1.87. The molecular formula is C10H11ClN4OS. The van der Waals surface area contributed by atoms with Crippen molar-refractivity contribution in [2.75, 3.05) is 11.6 Å². The molecule has 0 aliphatic carbocycles. The van der Waals surface area contributed by atoms with Crippen molar-refractivity contribution in [3.8, 4) is 0 Å². The van der Waals surface area contributed by atoms with E-state index in [1.807, 2.05) is 19.2 Å². The van der Waals surface area contributed by atoms with Gasteiger partial charge in [0.2, 0.25) is 0 Å². The van der Waals surface area contributed by atoms with E-state index in [1.165, 1.54) is 11.8 Å². The van der Waals surface area contributed by atoms with Crippen molar-refractivity contribution >= 4 is 29.2 Å². The molecule has 0 saturated heterocycles. The fourth-order valence-electron chi connectivity index (χ4n) is 1.26. The van der Waals surface area contributed by atoms with Gasteiger partial charge in [0, 0.05) is 12.1 Å². The van der Waals surface area contributed by atoms with Crippen molar-refractivity contribution in [2.45, 2.75) is 18.6 Å². The Hall–Kier alpha value is -1.27. The summed E-state index contributed by atoms with van der Waals surface area (Å²) in [5.74, 6) is 1.42. The number of anilines is 1. The highest BCUT2D eigenvalue weighted by Crippen LogP contribution is 2.17. The lowest BCUT2D eigenvalue weighted by atomic mass is 10.4. The average Bonchev–Trinajstić information content (AvgIpc) is 2.72. The molecule has 7 heteroatoms. The van der Waals surface area contributed by atoms with Gasteiger partial charge in [0.25, 0.3) is 0 Å². The molecule has 0 fully saturated rings. The van der Waals surface area contributed by atoms with E-state index in [-0.39, 0.29) is 0 Å². The van der Waals surface area contributed by atoms with Gasteiger partial charge >= 0.3 is 0 Å². The summed E-state index contributed by atoms with van der Waals surface area (Å²) in [5.41, 5.74) is 0.854. The fraction of sp³-hybridized carbons (Fsp3) is 0.300. The van der Waals surface area contributed by atoms with Crippen molar-refractivity contribution in [1.82, 2.24) is 15.1 Å². The average molecular weight is 271 g/mol. The summed E-state index contributed by atoms with van der Waals surface area (Å²) < 4.78 is 5.08. The van der Waals surface area contributed by atoms with Crippen LogP contribution in [0.4, 0.5) is 5.82 Å². The molecule has 17 heavy (non-hydrogen) atoms. The van der Waals surface area contributed by atoms with E-state index in [4.69, 9.17) is 16.1 Å². The van der Waals surface area contributed by atoms with Gasteiger partial charge in [0.05, 0.1) is 12.2 Å². The second-order valence-corrected chi connectivity index (χ2v) is 4.51. The summed E-state index contributed by atoms with van der Waals surface area (Å²) in [7, 11) is 0. The van der Waals surface area contributed by atoms with Crippen molar-refractivity contribution < 1.29 is 4.52 Å². The molecule has 0 aliphatic heterocycles. The SMILES string of the molecule is CSc1nc(Cl)cc(NCc2cc(C)no2)n1. The van der Waals surface area contributed by atoms with Gasteiger partial charge in [-0.1, -0.05) is 28.5 Å². The molecule has 2 heterocycles. The lowest BCUT2D eigenvalue weighted by molar-refractivity contribution is 0.384. The Balaban J connectivity index is 2.05. The van der Waals surface area contributed by atoms with Gasteiger partial charge in [0.15, 0.2) is 10.9 Å². The van der Waals surface area contributed by atoms with Crippen molar-refractivity contribution in [1.29, 1.82) is 0 Å². The molecule has 5 nitrogen and oxygen atoms in total. The van der Waals surface area contributed by atoms with E-state index in [9.17, 15) is 0 Å². The maximum Gasteiger partial charge on any atom is 0.190 e. The van der Waals surface area contributed by atoms with Gasteiger partial charge in [-0.15, -0.1) is 0 Å². The molecule has 2 rings (SSSR count). The highest BCUT2D eigenvalue weighted by molar-refractivity contribution is 7.98.